The molecule has 6 nitrogen and oxygen atoms in total. The van der Waals surface area contributed by atoms with Gasteiger partial charge in [-0.15, -0.1) is 0 Å². The smallest absolute Gasteiger partial charge is 0.329 e. The third-order valence-electron chi connectivity index (χ3n) is 4.00. The van der Waals surface area contributed by atoms with Crippen molar-refractivity contribution in [1.29, 1.82) is 0 Å². The van der Waals surface area contributed by atoms with Gasteiger partial charge in [0, 0.05) is 6.42 Å². The molecule has 0 saturated heterocycles. The average molecular weight is 429 g/mol. The van der Waals surface area contributed by atoms with Gasteiger partial charge in [-0.1, -0.05) is 41.6 Å². The fourth-order valence-electron chi connectivity index (χ4n) is 2.62. The molecular formula is C18H15F4N3O3S. The summed E-state index contributed by atoms with van der Waals surface area (Å²) in [6, 6.07) is 11.7. The molecule has 0 aliphatic rings. The molecule has 2 aromatic carbocycles. The number of benzene rings is 2. The number of sulfonamides is 1. The Kier molecular flexibility index (Phi) is 5.60. The van der Waals surface area contributed by atoms with Gasteiger partial charge in [-0.25, -0.2) is 12.8 Å². The molecule has 1 aromatic heterocycles. The van der Waals surface area contributed by atoms with Gasteiger partial charge in [-0.3, -0.25) is 4.72 Å². The fraction of sp³-hybridized carbons (Fsp3) is 0.222. The summed E-state index contributed by atoms with van der Waals surface area (Å²) in [6.45, 7) is 1.64. The van der Waals surface area contributed by atoms with E-state index in [0.717, 1.165) is 6.07 Å². The van der Waals surface area contributed by atoms with E-state index in [1.807, 2.05) is 0 Å². The van der Waals surface area contributed by atoms with Gasteiger partial charge in [-0.2, -0.15) is 18.2 Å². The van der Waals surface area contributed by atoms with E-state index >= 15 is 0 Å². The van der Waals surface area contributed by atoms with Crippen molar-refractivity contribution in [3.63, 3.8) is 0 Å². The molecule has 0 spiro atoms. The molecule has 1 atom stereocenters. The summed E-state index contributed by atoms with van der Waals surface area (Å²) >= 11 is 0. The molecule has 0 bridgehead atoms. The first-order chi connectivity index (χ1) is 13.6. The minimum atomic E-state index is -4.85. The Hall–Kier alpha value is -2.95. The Labute approximate surface area is 163 Å². The summed E-state index contributed by atoms with van der Waals surface area (Å²) in [4.78, 5) is 3.23. The lowest BCUT2D eigenvalue weighted by Crippen LogP contribution is -2.24. The molecule has 11 heteroatoms. The quantitative estimate of drug-likeness (QED) is 0.592. The maximum Gasteiger partial charge on any atom is 0.471 e. The summed E-state index contributed by atoms with van der Waals surface area (Å²) in [5, 5.41) is 1.84. The zero-order valence-electron chi connectivity index (χ0n) is 14.9. The molecule has 0 aliphatic heterocycles. The minimum absolute atomic E-state index is 0.269. The van der Waals surface area contributed by atoms with Crippen LogP contribution < -0.4 is 4.72 Å². The first-order valence-corrected chi connectivity index (χ1v) is 9.83. The molecule has 3 aromatic rings. The molecule has 0 radical (unpaired) electrons. The van der Waals surface area contributed by atoms with Gasteiger partial charge >= 0.3 is 12.1 Å². The summed E-state index contributed by atoms with van der Waals surface area (Å²) < 4.78 is 84.4. The second-order valence-electron chi connectivity index (χ2n) is 6.25. The van der Waals surface area contributed by atoms with Crippen LogP contribution in [0.15, 0.2) is 53.1 Å². The van der Waals surface area contributed by atoms with Gasteiger partial charge in [0.15, 0.2) is 5.82 Å². The topological polar surface area (TPSA) is 85.1 Å². The lowest BCUT2D eigenvalue weighted by atomic mass is 10.1. The molecule has 1 unspecified atom stereocenters. The van der Waals surface area contributed by atoms with Crippen LogP contribution in [0.1, 0.15) is 28.1 Å². The number of alkyl halides is 3. The second-order valence-corrected chi connectivity index (χ2v) is 8.11. The first kappa shape index (κ1) is 20.8. The van der Waals surface area contributed by atoms with Gasteiger partial charge in [0.1, 0.15) is 11.1 Å². The highest BCUT2D eigenvalue weighted by Gasteiger charge is 2.39. The Morgan fingerprint density at radius 2 is 1.83 bits per heavy atom. The number of anilines is 1. The maximum absolute atomic E-state index is 14.1. The maximum atomic E-state index is 14.1. The number of hydrogen-bond donors (Lipinski definition) is 1. The van der Waals surface area contributed by atoms with Crippen LogP contribution in [0.25, 0.3) is 0 Å². The van der Waals surface area contributed by atoms with E-state index in [0.29, 0.717) is 5.56 Å². The molecule has 0 fully saturated rings. The molecule has 29 heavy (non-hydrogen) atoms. The highest BCUT2D eigenvalue weighted by atomic mass is 32.2. The van der Waals surface area contributed by atoms with E-state index in [1.165, 1.54) is 24.3 Å². The standard InChI is InChI=1S/C18H15F4N3O3S/c1-11-7-8-14(13(19)9-11)25-29(26,27)15(12-5-3-2-4-6-12)10-16-23-17(28-24-16)18(20,21)22/h2-9,15,25H,10H2,1H3. The molecule has 1 N–H and O–H groups in total. The third kappa shape index (κ3) is 4.91. The normalized spacial score (nSPS) is 13.3. The van der Waals surface area contributed by atoms with Crippen molar-refractivity contribution in [2.24, 2.45) is 0 Å². The zero-order chi connectivity index (χ0) is 21.2. The van der Waals surface area contributed by atoms with E-state index in [4.69, 9.17) is 0 Å². The monoisotopic (exact) mass is 429 g/mol. The van der Waals surface area contributed by atoms with Crippen LogP contribution in [0.4, 0.5) is 23.2 Å². The highest BCUT2D eigenvalue weighted by Crippen LogP contribution is 2.31. The number of rotatable bonds is 6. The Balaban J connectivity index is 1.96. The average Bonchev–Trinajstić information content (AvgIpc) is 3.12. The van der Waals surface area contributed by atoms with Gasteiger partial charge in [-0.05, 0) is 30.2 Å². The van der Waals surface area contributed by atoms with Crippen molar-refractivity contribution in [1.82, 2.24) is 10.1 Å². The molecular weight excluding hydrogens is 414 g/mol. The van der Waals surface area contributed by atoms with Crippen molar-refractivity contribution >= 4 is 15.7 Å². The number of halogens is 4. The molecule has 154 valence electrons. The number of aromatic nitrogens is 2. The Morgan fingerprint density at radius 3 is 2.41 bits per heavy atom. The summed E-state index contributed by atoms with van der Waals surface area (Å²) in [6.07, 6.45) is -5.36. The largest absolute Gasteiger partial charge is 0.471 e. The summed E-state index contributed by atoms with van der Waals surface area (Å²) in [5.41, 5.74) is 0.586. The van der Waals surface area contributed by atoms with Crippen LogP contribution in [0.3, 0.4) is 0 Å². The van der Waals surface area contributed by atoms with Gasteiger partial charge in [0.05, 0.1) is 5.69 Å². The van der Waals surface area contributed by atoms with Crippen molar-refractivity contribution in [2.45, 2.75) is 24.8 Å². The highest BCUT2D eigenvalue weighted by molar-refractivity contribution is 7.92. The number of hydrogen-bond acceptors (Lipinski definition) is 5. The Morgan fingerprint density at radius 1 is 1.14 bits per heavy atom. The molecule has 0 aliphatic carbocycles. The van der Waals surface area contributed by atoms with Crippen LogP contribution in [-0.2, 0) is 22.6 Å². The molecule has 0 amide bonds. The number of nitrogens with one attached hydrogen (secondary N) is 1. The first-order valence-electron chi connectivity index (χ1n) is 8.29. The van der Waals surface area contributed by atoms with Crippen molar-refractivity contribution in [3.8, 4) is 0 Å². The van der Waals surface area contributed by atoms with Crippen LogP contribution in [-0.4, -0.2) is 18.6 Å². The summed E-state index contributed by atoms with van der Waals surface area (Å²) in [7, 11) is -4.28. The van der Waals surface area contributed by atoms with E-state index < -0.39 is 45.4 Å². The lowest BCUT2D eigenvalue weighted by Gasteiger charge is -2.18. The van der Waals surface area contributed by atoms with Crippen LogP contribution in [0.2, 0.25) is 0 Å². The minimum Gasteiger partial charge on any atom is -0.329 e. The zero-order valence-corrected chi connectivity index (χ0v) is 15.8. The fourth-order valence-corrected chi connectivity index (χ4v) is 4.12. The van der Waals surface area contributed by atoms with Crippen LogP contribution in [0.5, 0.6) is 0 Å². The van der Waals surface area contributed by atoms with Crippen molar-refractivity contribution in [3.05, 3.63) is 77.2 Å². The predicted octanol–water partition coefficient (Wildman–Crippen LogP) is 4.26. The predicted molar refractivity (Wildman–Crippen MR) is 95.9 cm³/mol. The van der Waals surface area contributed by atoms with Crippen LogP contribution >= 0.6 is 0 Å². The lowest BCUT2D eigenvalue weighted by molar-refractivity contribution is -0.159. The van der Waals surface area contributed by atoms with Gasteiger partial charge in [0.2, 0.25) is 10.0 Å². The SMILES string of the molecule is Cc1ccc(NS(=O)(=O)C(Cc2noc(C(F)(F)F)n2)c2ccccc2)c(F)c1. The van der Waals surface area contributed by atoms with E-state index in [2.05, 4.69) is 19.4 Å². The van der Waals surface area contributed by atoms with E-state index in [-0.39, 0.29) is 11.3 Å². The Bertz CT molecular complexity index is 1100. The van der Waals surface area contributed by atoms with Crippen molar-refractivity contribution in [2.75, 3.05) is 4.72 Å². The molecule has 1 heterocycles. The number of aryl methyl sites for hydroxylation is 1. The van der Waals surface area contributed by atoms with E-state index in [1.54, 1.807) is 25.1 Å². The van der Waals surface area contributed by atoms with Gasteiger partial charge < -0.3 is 4.52 Å². The van der Waals surface area contributed by atoms with Gasteiger partial charge in [0.25, 0.3) is 0 Å². The second kappa shape index (κ2) is 7.82. The van der Waals surface area contributed by atoms with Crippen molar-refractivity contribution < 1.29 is 30.5 Å². The third-order valence-corrected chi connectivity index (χ3v) is 5.69. The van der Waals surface area contributed by atoms with E-state index in [9.17, 15) is 26.0 Å². The van der Waals surface area contributed by atoms with Crippen LogP contribution in [0, 0.1) is 12.7 Å². The summed E-state index contributed by atoms with van der Waals surface area (Å²) in [5.74, 6) is -2.80. The molecule has 3 rings (SSSR count). The number of nitrogens with zero attached hydrogens (tertiary/aromatic N) is 2. The molecule has 0 saturated carbocycles.